The predicted molar refractivity (Wildman–Crippen MR) is 84.3 cm³/mol. The van der Waals surface area contributed by atoms with Crippen LogP contribution in [0.5, 0.6) is 5.75 Å². The maximum atomic E-state index is 12.8. The first-order valence-electron chi connectivity index (χ1n) is 7.88. The van der Waals surface area contributed by atoms with Crippen LogP contribution in [0.15, 0.2) is 24.3 Å². The highest BCUT2D eigenvalue weighted by Gasteiger charge is 2.41. The Morgan fingerprint density at radius 2 is 2.18 bits per heavy atom. The SMILES string of the molecule is COc1cccc(C(=O)N2CCOC3(CCCN(C)C3)C2)c1. The van der Waals surface area contributed by atoms with Crippen molar-refractivity contribution < 1.29 is 14.3 Å². The molecule has 1 amide bonds. The van der Waals surface area contributed by atoms with Crippen LogP contribution in [0, 0.1) is 0 Å². The molecule has 1 aromatic carbocycles. The Balaban J connectivity index is 1.75. The maximum absolute atomic E-state index is 12.8. The number of methoxy groups -OCH3 is 1. The molecule has 120 valence electrons. The molecule has 2 saturated heterocycles. The van der Waals surface area contributed by atoms with E-state index >= 15 is 0 Å². The molecule has 0 aromatic heterocycles. The summed E-state index contributed by atoms with van der Waals surface area (Å²) >= 11 is 0. The van der Waals surface area contributed by atoms with E-state index in [1.165, 1.54) is 0 Å². The molecule has 1 atom stereocenters. The zero-order chi connectivity index (χ0) is 15.6. The summed E-state index contributed by atoms with van der Waals surface area (Å²) < 4.78 is 11.3. The lowest BCUT2D eigenvalue weighted by molar-refractivity contribution is -0.128. The highest BCUT2D eigenvalue weighted by atomic mass is 16.5. The van der Waals surface area contributed by atoms with Gasteiger partial charge in [0.05, 0.1) is 25.9 Å². The third kappa shape index (κ3) is 3.10. The normalized spacial score (nSPS) is 26.2. The summed E-state index contributed by atoms with van der Waals surface area (Å²) in [5.74, 6) is 0.779. The summed E-state index contributed by atoms with van der Waals surface area (Å²) in [6.45, 7) is 3.95. The number of benzene rings is 1. The first-order chi connectivity index (χ1) is 10.6. The second-order valence-electron chi connectivity index (χ2n) is 6.33. The molecule has 0 N–H and O–H groups in total. The van der Waals surface area contributed by atoms with Crippen molar-refractivity contribution in [2.75, 3.05) is 46.9 Å². The maximum Gasteiger partial charge on any atom is 0.254 e. The molecule has 2 heterocycles. The number of likely N-dealkylation sites (tertiary alicyclic amines) is 1. The molecule has 0 saturated carbocycles. The van der Waals surface area contributed by atoms with Crippen molar-refractivity contribution in [3.63, 3.8) is 0 Å². The quantitative estimate of drug-likeness (QED) is 0.833. The van der Waals surface area contributed by atoms with Gasteiger partial charge in [-0.1, -0.05) is 6.07 Å². The molecule has 3 rings (SSSR count). The molecule has 2 aliphatic rings. The molecule has 0 bridgehead atoms. The van der Waals surface area contributed by atoms with Gasteiger partial charge in [-0.25, -0.2) is 0 Å². The van der Waals surface area contributed by atoms with E-state index in [-0.39, 0.29) is 11.5 Å². The van der Waals surface area contributed by atoms with Crippen LogP contribution in [0.25, 0.3) is 0 Å². The fourth-order valence-corrected chi connectivity index (χ4v) is 3.52. The van der Waals surface area contributed by atoms with E-state index in [1.807, 2.05) is 23.1 Å². The van der Waals surface area contributed by atoms with Crippen LogP contribution in [-0.2, 0) is 4.74 Å². The van der Waals surface area contributed by atoms with Crippen LogP contribution < -0.4 is 4.74 Å². The molecule has 2 fully saturated rings. The van der Waals surface area contributed by atoms with E-state index in [0.29, 0.717) is 31.0 Å². The lowest BCUT2D eigenvalue weighted by Crippen LogP contribution is -2.60. The van der Waals surface area contributed by atoms with Crippen molar-refractivity contribution in [3.05, 3.63) is 29.8 Å². The summed E-state index contributed by atoms with van der Waals surface area (Å²) in [5.41, 5.74) is 0.486. The number of nitrogens with zero attached hydrogens (tertiary/aromatic N) is 2. The minimum Gasteiger partial charge on any atom is -0.497 e. The van der Waals surface area contributed by atoms with Crippen molar-refractivity contribution >= 4 is 5.91 Å². The zero-order valence-electron chi connectivity index (χ0n) is 13.4. The van der Waals surface area contributed by atoms with Crippen molar-refractivity contribution in [1.82, 2.24) is 9.80 Å². The standard InChI is InChI=1S/C17H24N2O3/c1-18-8-4-7-17(12-18)13-19(9-10-22-17)16(20)14-5-3-6-15(11-14)21-2/h3,5-6,11H,4,7-10,12-13H2,1-2H3. The van der Waals surface area contributed by atoms with Gasteiger partial charge in [0.2, 0.25) is 0 Å². The van der Waals surface area contributed by atoms with Gasteiger partial charge in [-0.2, -0.15) is 0 Å². The number of rotatable bonds is 2. The zero-order valence-corrected chi connectivity index (χ0v) is 13.4. The molecular formula is C17H24N2O3. The Hall–Kier alpha value is -1.59. The third-order valence-electron chi connectivity index (χ3n) is 4.58. The molecule has 0 aliphatic carbocycles. The summed E-state index contributed by atoms with van der Waals surface area (Å²) in [7, 11) is 3.73. The molecule has 1 aromatic rings. The van der Waals surface area contributed by atoms with Crippen LogP contribution in [0.2, 0.25) is 0 Å². The highest BCUT2D eigenvalue weighted by molar-refractivity contribution is 5.94. The van der Waals surface area contributed by atoms with Crippen LogP contribution in [-0.4, -0.2) is 68.3 Å². The van der Waals surface area contributed by atoms with Crippen LogP contribution in [0.4, 0.5) is 0 Å². The van der Waals surface area contributed by atoms with E-state index in [2.05, 4.69) is 11.9 Å². The van der Waals surface area contributed by atoms with Crippen molar-refractivity contribution in [3.8, 4) is 5.75 Å². The second kappa shape index (κ2) is 6.26. The Morgan fingerprint density at radius 1 is 1.32 bits per heavy atom. The number of carbonyl (C=O) groups is 1. The molecular weight excluding hydrogens is 280 g/mol. The van der Waals surface area contributed by atoms with Crippen LogP contribution in [0.3, 0.4) is 0 Å². The predicted octanol–water partition coefficient (Wildman–Crippen LogP) is 1.63. The molecule has 0 radical (unpaired) electrons. The van der Waals surface area contributed by atoms with E-state index in [9.17, 15) is 4.79 Å². The minimum atomic E-state index is -0.195. The number of hydrogen-bond acceptors (Lipinski definition) is 4. The Morgan fingerprint density at radius 3 is 2.95 bits per heavy atom. The summed E-state index contributed by atoms with van der Waals surface area (Å²) in [5, 5.41) is 0. The Kier molecular flexibility index (Phi) is 4.36. The smallest absolute Gasteiger partial charge is 0.254 e. The number of morpholine rings is 1. The van der Waals surface area contributed by atoms with Crippen LogP contribution in [0.1, 0.15) is 23.2 Å². The van der Waals surface area contributed by atoms with Gasteiger partial charge in [0, 0.05) is 18.7 Å². The summed E-state index contributed by atoms with van der Waals surface area (Å²) in [4.78, 5) is 17.0. The number of piperidine rings is 1. The van der Waals surface area contributed by atoms with Gasteiger partial charge in [0.1, 0.15) is 5.75 Å². The third-order valence-corrected chi connectivity index (χ3v) is 4.58. The van der Waals surface area contributed by atoms with E-state index in [4.69, 9.17) is 9.47 Å². The van der Waals surface area contributed by atoms with Gasteiger partial charge in [0.15, 0.2) is 0 Å². The number of ether oxygens (including phenoxy) is 2. The molecule has 1 unspecified atom stereocenters. The second-order valence-corrected chi connectivity index (χ2v) is 6.33. The van der Waals surface area contributed by atoms with E-state index < -0.39 is 0 Å². The highest BCUT2D eigenvalue weighted by Crippen LogP contribution is 2.29. The van der Waals surface area contributed by atoms with Crippen molar-refractivity contribution in [1.29, 1.82) is 0 Å². The first kappa shape index (κ1) is 15.3. The van der Waals surface area contributed by atoms with Gasteiger partial charge in [-0.05, 0) is 44.6 Å². The lowest BCUT2D eigenvalue weighted by atomic mass is 9.91. The average molecular weight is 304 g/mol. The average Bonchev–Trinajstić information content (AvgIpc) is 2.54. The minimum absolute atomic E-state index is 0.0646. The monoisotopic (exact) mass is 304 g/mol. The van der Waals surface area contributed by atoms with Gasteiger partial charge in [-0.3, -0.25) is 4.79 Å². The van der Waals surface area contributed by atoms with E-state index in [0.717, 1.165) is 25.9 Å². The van der Waals surface area contributed by atoms with Gasteiger partial charge in [0.25, 0.3) is 5.91 Å². The Labute approximate surface area is 131 Å². The molecule has 2 aliphatic heterocycles. The summed E-state index contributed by atoms with van der Waals surface area (Å²) in [6.07, 6.45) is 2.15. The number of carbonyl (C=O) groups excluding carboxylic acids is 1. The van der Waals surface area contributed by atoms with Gasteiger partial charge in [-0.15, -0.1) is 0 Å². The largest absolute Gasteiger partial charge is 0.497 e. The topological polar surface area (TPSA) is 42.0 Å². The van der Waals surface area contributed by atoms with Crippen molar-refractivity contribution in [2.24, 2.45) is 0 Å². The molecule has 22 heavy (non-hydrogen) atoms. The summed E-state index contributed by atoms with van der Waals surface area (Å²) in [6, 6.07) is 7.36. The lowest BCUT2D eigenvalue weighted by Gasteiger charge is -2.47. The van der Waals surface area contributed by atoms with Gasteiger partial charge < -0.3 is 19.3 Å². The number of likely N-dealkylation sites (N-methyl/N-ethyl adjacent to an activating group) is 1. The number of amides is 1. The molecule has 5 heteroatoms. The molecule has 1 spiro atoms. The number of hydrogen-bond donors (Lipinski definition) is 0. The van der Waals surface area contributed by atoms with E-state index in [1.54, 1.807) is 13.2 Å². The van der Waals surface area contributed by atoms with Crippen LogP contribution >= 0.6 is 0 Å². The molecule has 5 nitrogen and oxygen atoms in total. The Bertz CT molecular complexity index is 544. The fraction of sp³-hybridized carbons (Fsp3) is 0.588. The fourth-order valence-electron chi connectivity index (χ4n) is 3.52. The first-order valence-corrected chi connectivity index (χ1v) is 7.88. The van der Waals surface area contributed by atoms with Gasteiger partial charge >= 0.3 is 0 Å². The van der Waals surface area contributed by atoms with Crippen molar-refractivity contribution in [2.45, 2.75) is 18.4 Å².